The molecule has 0 bridgehead atoms. The van der Waals surface area contributed by atoms with Gasteiger partial charge < -0.3 is 9.64 Å². The van der Waals surface area contributed by atoms with Crippen LogP contribution >= 0.6 is 0 Å². The molecule has 0 saturated heterocycles. The lowest BCUT2D eigenvalue weighted by molar-refractivity contribution is -0.138. The van der Waals surface area contributed by atoms with Crippen molar-refractivity contribution < 1.29 is 22.7 Å². The van der Waals surface area contributed by atoms with E-state index in [2.05, 4.69) is 4.98 Å². The normalized spacial score (nSPS) is 14.2. The van der Waals surface area contributed by atoms with Crippen LogP contribution in [0.4, 0.5) is 13.2 Å². The molecule has 1 aliphatic rings. The first-order valence-electron chi connectivity index (χ1n) is 7.86. The van der Waals surface area contributed by atoms with Crippen molar-refractivity contribution in [3.05, 3.63) is 59.3 Å². The first-order valence-corrected chi connectivity index (χ1v) is 7.86. The Balaban J connectivity index is 1.86. The Bertz CT molecular complexity index is 756. The van der Waals surface area contributed by atoms with Gasteiger partial charge in [0.15, 0.2) is 0 Å². The summed E-state index contributed by atoms with van der Waals surface area (Å²) in [5.41, 5.74) is -0.282. The number of methoxy groups -OCH3 is 1. The van der Waals surface area contributed by atoms with Gasteiger partial charge in [0.1, 0.15) is 0 Å². The summed E-state index contributed by atoms with van der Waals surface area (Å²) in [6, 6.07) is 8.45. The molecule has 0 unspecified atom stereocenters. The van der Waals surface area contributed by atoms with Gasteiger partial charge in [-0.3, -0.25) is 4.79 Å². The van der Waals surface area contributed by atoms with Crippen molar-refractivity contribution in [2.75, 3.05) is 7.11 Å². The second-order valence-corrected chi connectivity index (χ2v) is 5.91. The first kappa shape index (κ1) is 17.3. The van der Waals surface area contributed by atoms with Crippen molar-refractivity contribution in [1.29, 1.82) is 0 Å². The molecule has 25 heavy (non-hydrogen) atoms. The molecule has 132 valence electrons. The predicted octanol–water partition coefficient (Wildman–Crippen LogP) is 3.91. The number of rotatable bonds is 5. The summed E-state index contributed by atoms with van der Waals surface area (Å²) < 4.78 is 44.5. The minimum absolute atomic E-state index is 0.0316. The second-order valence-electron chi connectivity index (χ2n) is 5.91. The Hall–Kier alpha value is -2.57. The molecule has 0 atom stereocenters. The maximum atomic E-state index is 13.2. The summed E-state index contributed by atoms with van der Waals surface area (Å²) in [5.74, 6) is 0.0477. The molecule has 3 rings (SSSR count). The van der Waals surface area contributed by atoms with Gasteiger partial charge in [0.05, 0.1) is 18.2 Å². The molecule has 1 aromatic heterocycles. The summed E-state index contributed by atoms with van der Waals surface area (Å²) >= 11 is 0. The van der Waals surface area contributed by atoms with Crippen LogP contribution in [0.25, 0.3) is 0 Å². The number of hydrogen-bond donors (Lipinski definition) is 0. The summed E-state index contributed by atoms with van der Waals surface area (Å²) in [4.78, 5) is 18.2. The van der Waals surface area contributed by atoms with Crippen LogP contribution in [0.3, 0.4) is 0 Å². The van der Waals surface area contributed by atoms with Crippen molar-refractivity contribution >= 4 is 5.91 Å². The largest absolute Gasteiger partial charge is 0.481 e. The highest BCUT2D eigenvalue weighted by Gasteiger charge is 2.37. The number of hydrogen-bond acceptors (Lipinski definition) is 3. The Morgan fingerprint density at radius 1 is 1.24 bits per heavy atom. The number of benzene rings is 1. The average molecular weight is 350 g/mol. The minimum atomic E-state index is -4.45. The third-order valence-corrected chi connectivity index (χ3v) is 4.10. The number of pyridine rings is 1. The molecule has 2 aromatic rings. The molecule has 7 heteroatoms. The Labute approximate surface area is 143 Å². The fraction of sp³-hybridized carbons (Fsp3) is 0.333. The number of ether oxygens (including phenoxy) is 1. The van der Waals surface area contributed by atoms with Gasteiger partial charge in [-0.05, 0) is 30.5 Å². The van der Waals surface area contributed by atoms with Gasteiger partial charge in [0.25, 0.3) is 5.91 Å². The lowest BCUT2D eigenvalue weighted by Crippen LogP contribution is -2.33. The predicted molar refractivity (Wildman–Crippen MR) is 85.1 cm³/mol. The van der Waals surface area contributed by atoms with E-state index < -0.39 is 11.7 Å². The Morgan fingerprint density at radius 2 is 1.96 bits per heavy atom. The number of carbonyl (C=O) groups is 1. The number of halogens is 3. The van der Waals surface area contributed by atoms with Gasteiger partial charge in [0.2, 0.25) is 5.88 Å². The average Bonchev–Trinajstić information content (AvgIpc) is 3.43. The van der Waals surface area contributed by atoms with Gasteiger partial charge in [-0.2, -0.15) is 13.2 Å². The lowest BCUT2D eigenvalue weighted by Gasteiger charge is -2.24. The van der Waals surface area contributed by atoms with Crippen LogP contribution in [0.2, 0.25) is 0 Å². The minimum Gasteiger partial charge on any atom is -0.481 e. The third kappa shape index (κ3) is 3.92. The number of amides is 1. The summed E-state index contributed by atoms with van der Waals surface area (Å²) in [7, 11) is 1.47. The zero-order valence-electron chi connectivity index (χ0n) is 13.6. The van der Waals surface area contributed by atoms with E-state index in [1.165, 1.54) is 30.3 Å². The van der Waals surface area contributed by atoms with E-state index in [1.807, 2.05) is 0 Å². The van der Waals surface area contributed by atoms with Crippen molar-refractivity contribution in [3.63, 3.8) is 0 Å². The maximum Gasteiger partial charge on any atom is 0.416 e. The molecule has 1 fully saturated rings. The molecule has 1 aliphatic carbocycles. The number of aromatic nitrogens is 1. The molecule has 4 nitrogen and oxygen atoms in total. The van der Waals surface area contributed by atoms with Crippen molar-refractivity contribution in [3.8, 4) is 5.88 Å². The van der Waals surface area contributed by atoms with E-state index in [4.69, 9.17) is 4.74 Å². The quantitative estimate of drug-likeness (QED) is 0.821. The lowest BCUT2D eigenvalue weighted by atomic mass is 10.1. The topological polar surface area (TPSA) is 42.4 Å². The number of nitrogens with zero attached hydrogens (tertiary/aromatic N) is 2. The van der Waals surface area contributed by atoms with Crippen LogP contribution in [0, 0.1) is 0 Å². The van der Waals surface area contributed by atoms with E-state index in [9.17, 15) is 18.0 Å². The molecular weight excluding hydrogens is 333 g/mol. The van der Waals surface area contributed by atoms with Gasteiger partial charge in [-0.1, -0.05) is 18.2 Å². The highest BCUT2D eigenvalue weighted by atomic mass is 19.4. The van der Waals surface area contributed by atoms with Crippen molar-refractivity contribution in [1.82, 2.24) is 9.88 Å². The second kappa shape index (κ2) is 6.74. The van der Waals surface area contributed by atoms with Crippen LogP contribution in [-0.2, 0) is 12.7 Å². The van der Waals surface area contributed by atoms with Crippen LogP contribution in [0.5, 0.6) is 5.88 Å². The SMILES string of the molecule is COc1ccc(C(=O)N(Cc2ccccc2C(F)(F)F)C2CC2)cn1. The van der Waals surface area contributed by atoms with E-state index in [-0.39, 0.29) is 24.1 Å². The van der Waals surface area contributed by atoms with E-state index in [1.54, 1.807) is 18.2 Å². The van der Waals surface area contributed by atoms with Crippen LogP contribution in [0.15, 0.2) is 42.6 Å². The van der Waals surface area contributed by atoms with E-state index in [0.717, 1.165) is 18.9 Å². The zero-order chi connectivity index (χ0) is 18.0. The van der Waals surface area contributed by atoms with E-state index >= 15 is 0 Å². The van der Waals surface area contributed by atoms with Crippen LogP contribution in [-0.4, -0.2) is 28.9 Å². The third-order valence-electron chi connectivity index (χ3n) is 4.10. The molecule has 1 aromatic carbocycles. The van der Waals surface area contributed by atoms with Gasteiger partial charge in [-0.15, -0.1) is 0 Å². The van der Waals surface area contributed by atoms with Gasteiger partial charge in [0, 0.05) is 24.8 Å². The highest BCUT2D eigenvalue weighted by molar-refractivity contribution is 5.94. The maximum absolute atomic E-state index is 13.2. The molecule has 1 amide bonds. The zero-order valence-corrected chi connectivity index (χ0v) is 13.6. The Morgan fingerprint density at radius 3 is 2.52 bits per heavy atom. The van der Waals surface area contributed by atoms with E-state index in [0.29, 0.717) is 11.4 Å². The summed E-state index contributed by atoms with van der Waals surface area (Å²) in [6.07, 6.45) is -1.48. The van der Waals surface area contributed by atoms with Gasteiger partial charge in [-0.25, -0.2) is 4.98 Å². The molecule has 1 heterocycles. The monoisotopic (exact) mass is 350 g/mol. The van der Waals surface area contributed by atoms with Gasteiger partial charge >= 0.3 is 6.18 Å². The summed E-state index contributed by atoms with van der Waals surface area (Å²) in [6.45, 7) is -0.0782. The molecule has 0 N–H and O–H groups in total. The fourth-order valence-corrected chi connectivity index (χ4v) is 2.66. The number of carbonyl (C=O) groups excluding carboxylic acids is 1. The molecule has 0 radical (unpaired) electrons. The Kier molecular flexibility index (Phi) is 4.65. The fourth-order valence-electron chi connectivity index (χ4n) is 2.66. The molecule has 1 saturated carbocycles. The first-order chi connectivity index (χ1) is 11.9. The molecule has 0 aliphatic heterocycles. The smallest absolute Gasteiger partial charge is 0.416 e. The van der Waals surface area contributed by atoms with Crippen LogP contribution in [0.1, 0.15) is 34.3 Å². The van der Waals surface area contributed by atoms with Crippen molar-refractivity contribution in [2.45, 2.75) is 31.6 Å². The van der Waals surface area contributed by atoms with Crippen LogP contribution < -0.4 is 4.74 Å². The number of alkyl halides is 3. The summed E-state index contributed by atoms with van der Waals surface area (Å²) in [5, 5.41) is 0. The van der Waals surface area contributed by atoms with Crippen molar-refractivity contribution in [2.24, 2.45) is 0 Å². The molecular formula is C18H17F3N2O2. The standard InChI is InChI=1S/C18H17F3N2O2/c1-25-16-9-6-12(10-22-16)17(24)23(14-7-8-14)11-13-4-2-3-5-15(13)18(19,20)21/h2-6,9-10,14H,7-8,11H2,1H3. The molecule has 0 spiro atoms. The highest BCUT2D eigenvalue weighted by Crippen LogP contribution is 2.35.